The van der Waals surface area contributed by atoms with Crippen LogP contribution >= 0.6 is 0 Å². The summed E-state index contributed by atoms with van der Waals surface area (Å²) in [6.45, 7) is 0.878. The van der Waals surface area contributed by atoms with Crippen LogP contribution in [0.25, 0.3) is 0 Å². The van der Waals surface area contributed by atoms with Crippen molar-refractivity contribution in [2.75, 3.05) is 7.11 Å². The molecule has 1 saturated carbocycles. The molecule has 1 aromatic rings. The summed E-state index contributed by atoms with van der Waals surface area (Å²) >= 11 is 0. The van der Waals surface area contributed by atoms with E-state index in [9.17, 15) is 4.79 Å². The highest BCUT2D eigenvalue weighted by Crippen LogP contribution is 2.33. The molecule has 2 heterocycles. The van der Waals surface area contributed by atoms with E-state index >= 15 is 0 Å². The number of aryl methyl sites for hydroxylation is 1. The number of carbonyl (C=O) groups excluding carboxylic acids is 1. The van der Waals surface area contributed by atoms with Crippen molar-refractivity contribution in [2.24, 2.45) is 0 Å². The van der Waals surface area contributed by atoms with Crippen LogP contribution in [0.1, 0.15) is 68.4 Å². The van der Waals surface area contributed by atoms with Crippen LogP contribution in [-0.2, 0) is 16.1 Å². The van der Waals surface area contributed by atoms with Crippen LogP contribution in [-0.4, -0.2) is 27.8 Å². The van der Waals surface area contributed by atoms with Crippen molar-refractivity contribution in [2.45, 2.75) is 63.3 Å². The van der Waals surface area contributed by atoms with Gasteiger partial charge in [0, 0.05) is 12.5 Å². The third kappa shape index (κ3) is 2.38. The molecule has 1 aliphatic carbocycles. The molecule has 0 N–H and O–H groups in total. The van der Waals surface area contributed by atoms with Gasteiger partial charge in [-0.05, 0) is 25.7 Å². The Morgan fingerprint density at radius 1 is 1.21 bits per heavy atom. The second-order valence-corrected chi connectivity index (χ2v) is 5.60. The summed E-state index contributed by atoms with van der Waals surface area (Å²) < 4.78 is 6.81. The number of methoxy groups -OCH3 is 1. The van der Waals surface area contributed by atoms with Crippen molar-refractivity contribution < 1.29 is 9.53 Å². The highest BCUT2D eigenvalue weighted by Gasteiger charge is 2.32. The SMILES string of the molecule is COC(=O)C1CCCn2nc(C3CCCCC3)nc21. The Kier molecular flexibility index (Phi) is 3.53. The predicted molar refractivity (Wildman–Crippen MR) is 69.8 cm³/mol. The summed E-state index contributed by atoms with van der Waals surface area (Å²) in [5.74, 6) is 1.86. The van der Waals surface area contributed by atoms with Gasteiger partial charge in [0.05, 0.1) is 7.11 Å². The third-order valence-corrected chi connectivity index (χ3v) is 4.35. The fraction of sp³-hybridized carbons (Fsp3) is 0.786. The van der Waals surface area contributed by atoms with E-state index in [1.165, 1.54) is 39.2 Å². The summed E-state index contributed by atoms with van der Waals surface area (Å²) in [7, 11) is 1.44. The molecule has 19 heavy (non-hydrogen) atoms. The van der Waals surface area contributed by atoms with Gasteiger partial charge < -0.3 is 4.74 Å². The number of hydrogen-bond acceptors (Lipinski definition) is 4. The van der Waals surface area contributed by atoms with Crippen LogP contribution in [0, 0.1) is 0 Å². The summed E-state index contributed by atoms with van der Waals surface area (Å²) in [5, 5.41) is 4.64. The number of aromatic nitrogens is 3. The molecule has 5 nitrogen and oxygen atoms in total. The molecule has 3 rings (SSSR count). The van der Waals surface area contributed by atoms with E-state index in [0.717, 1.165) is 31.0 Å². The average Bonchev–Trinajstić information content (AvgIpc) is 2.91. The summed E-state index contributed by atoms with van der Waals surface area (Å²) in [4.78, 5) is 16.5. The minimum absolute atomic E-state index is 0.177. The van der Waals surface area contributed by atoms with Crippen molar-refractivity contribution >= 4 is 5.97 Å². The maximum atomic E-state index is 11.8. The molecule has 1 aromatic heterocycles. The molecule has 5 heteroatoms. The number of esters is 1. The third-order valence-electron chi connectivity index (χ3n) is 4.35. The maximum absolute atomic E-state index is 11.8. The molecule has 0 bridgehead atoms. The maximum Gasteiger partial charge on any atom is 0.316 e. The number of fused-ring (bicyclic) bond motifs is 1. The Hall–Kier alpha value is -1.39. The fourth-order valence-corrected chi connectivity index (χ4v) is 3.27. The molecule has 0 saturated heterocycles. The topological polar surface area (TPSA) is 57.0 Å². The van der Waals surface area contributed by atoms with Gasteiger partial charge in [-0.1, -0.05) is 19.3 Å². The smallest absolute Gasteiger partial charge is 0.316 e. The molecule has 2 aliphatic rings. The van der Waals surface area contributed by atoms with Gasteiger partial charge in [0.1, 0.15) is 11.7 Å². The number of rotatable bonds is 2. The fourth-order valence-electron chi connectivity index (χ4n) is 3.27. The Bertz CT molecular complexity index is 463. The Morgan fingerprint density at radius 3 is 2.74 bits per heavy atom. The van der Waals surface area contributed by atoms with Crippen molar-refractivity contribution in [3.05, 3.63) is 11.6 Å². The van der Waals surface area contributed by atoms with Crippen LogP contribution in [0.4, 0.5) is 0 Å². The first kappa shape index (κ1) is 12.6. The number of nitrogens with zero attached hydrogens (tertiary/aromatic N) is 3. The number of hydrogen-bond donors (Lipinski definition) is 0. The highest BCUT2D eigenvalue weighted by molar-refractivity contribution is 5.77. The molecule has 0 spiro atoms. The monoisotopic (exact) mass is 263 g/mol. The normalized spacial score (nSPS) is 23.9. The van der Waals surface area contributed by atoms with Crippen molar-refractivity contribution in [3.8, 4) is 0 Å². The molecule has 1 aliphatic heterocycles. The summed E-state index contributed by atoms with van der Waals surface area (Å²) in [5.41, 5.74) is 0. The number of carbonyl (C=O) groups is 1. The van der Waals surface area contributed by atoms with Gasteiger partial charge in [-0.2, -0.15) is 5.10 Å². The van der Waals surface area contributed by atoms with E-state index in [2.05, 4.69) is 10.1 Å². The van der Waals surface area contributed by atoms with Gasteiger partial charge >= 0.3 is 5.97 Å². The lowest BCUT2D eigenvalue weighted by molar-refractivity contribution is -0.143. The van der Waals surface area contributed by atoms with Gasteiger partial charge in [-0.25, -0.2) is 9.67 Å². The molecule has 1 unspecified atom stereocenters. The molecule has 0 radical (unpaired) electrons. The molecule has 104 valence electrons. The van der Waals surface area contributed by atoms with Crippen LogP contribution in [0.2, 0.25) is 0 Å². The van der Waals surface area contributed by atoms with E-state index in [0.29, 0.717) is 5.92 Å². The predicted octanol–water partition coefficient (Wildman–Crippen LogP) is 2.38. The molecular weight excluding hydrogens is 242 g/mol. The first-order chi connectivity index (χ1) is 9.29. The van der Waals surface area contributed by atoms with Gasteiger partial charge in [0.15, 0.2) is 5.82 Å². The van der Waals surface area contributed by atoms with Gasteiger partial charge in [-0.15, -0.1) is 0 Å². The largest absolute Gasteiger partial charge is 0.468 e. The summed E-state index contributed by atoms with van der Waals surface area (Å²) in [6.07, 6.45) is 8.05. The van der Waals surface area contributed by atoms with Crippen LogP contribution in [0.3, 0.4) is 0 Å². The summed E-state index contributed by atoms with van der Waals surface area (Å²) in [6, 6.07) is 0. The first-order valence-electron chi connectivity index (χ1n) is 7.32. The van der Waals surface area contributed by atoms with Crippen LogP contribution in [0.15, 0.2) is 0 Å². The van der Waals surface area contributed by atoms with Crippen LogP contribution in [0.5, 0.6) is 0 Å². The molecule has 0 aromatic carbocycles. The zero-order valence-corrected chi connectivity index (χ0v) is 11.5. The zero-order valence-electron chi connectivity index (χ0n) is 11.5. The minimum atomic E-state index is -0.219. The standard InChI is InChI=1S/C14H21N3O2/c1-19-14(18)11-8-5-9-17-13(11)15-12(16-17)10-6-3-2-4-7-10/h10-11H,2-9H2,1H3. The number of ether oxygens (including phenoxy) is 1. The van der Waals surface area contributed by atoms with E-state index in [1.54, 1.807) is 0 Å². The molecule has 0 amide bonds. The average molecular weight is 263 g/mol. The molecule has 1 fully saturated rings. The quantitative estimate of drug-likeness (QED) is 0.769. The Labute approximate surface area is 113 Å². The van der Waals surface area contributed by atoms with Gasteiger partial charge in [-0.3, -0.25) is 4.79 Å². The van der Waals surface area contributed by atoms with Gasteiger partial charge in [0.2, 0.25) is 0 Å². The lowest BCUT2D eigenvalue weighted by Gasteiger charge is -2.19. The van der Waals surface area contributed by atoms with Crippen molar-refractivity contribution in [3.63, 3.8) is 0 Å². The second-order valence-electron chi connectivity index (χ2n) is 5.60. The zero-order chi connectivity index (χ0) is 13.2. The van der Waals surface area contributed by atoms with E-state index in [4.69, 9.17) is 4.74 Å². The second kappa shape index (κ2) is 5.31. The Morgan fingerprint density at radius 2 is 2.00 bits per heavy atom. The lowest BCUT2D eigenvalue weighted by atomic mass is 9.89. The molecule has 1 atom stereocenters. The van der Waals surface area contributed by atoms with Gasteiger partial charge in [0.25, 0.3) is 0 Å². The first-order valence-corrected chi connectivity index (χ1v) is 7.32. The van der Waals surface area contributed by atoms with Crippen molar-refractivity contribution in [1.82, 2.24) is 14.8 Å². The highest BCUT2D eigenvalue weighted by atomic mass is 16.5. The molecular formula is C14H21N3O2. The Balaban J connectivity index is 1.86. The van der Waals surface area contributed by atoms with E-state index < -0.39 is 0 Å². The lowest BCUT2D eigenvalue weighted by Crippen LogP contribution is -2.24. The minimum Gasteiger partial charge on any atom is -0.468 e. The van der Waals surface area contributed by atoms with E-state index in [-0.39, 0.29) is 11.9 Å². The van der Waals surface area contributed by atoms with Crippen LogP contribution < -0.4 is 0 Å². The van der Waals surface area contributed by atoms with E-state index in [1.807, 2.05) is 4.68 Å². The van der Waals surface area contributed by atoms with Crippen molar-refractivity contribution in [1.29, 1.82) is 0 Å².